The summed E-state index contributed by atoms with van der Waals surface area (Å²) in [6.45, 7) is 10.3. The van der Waals surface area contributed by atoms with E-state index in [-0.39, 0.29) is 24.2 Å². The maximum Gasteiger partial charge on any atom is 0.258 e. The summed E-state index contributed by atoms with van der Waals surface area (Å²) in [7, 11) is 0. The van der Waals surface area contributed by atoms with E-state index in [4.69, 9.17) is 4.74 Å². The fourth-order valence-electron chi connectivity index (χ4n) is 2.14. The second-order valence-electron chi connectivity index (χ2n) is 7.07. The van der Waals surface area contributed by atoms with Crippen molar-refractivity contribution >= 4 is 21.8 Å². The molecule has 0 fully saturated rings. The van der Waals surface area contributed by atoms with Crippen molar-refractivity contribution in [1.82, 2.24) is 16.0 Å². The quantitative estimate of drug-likeness (QED) is 0.438. The summed E-state index contributed by atoms with van der Waals surface area (Å²) in [5.74, 6) is 0.549. The van der Waals surface area contributed by atoms with Crippen LogP contribution in [0.25, 0.3) is 0 Å². The van der Waals surface area contributed by atoms with Gasteiger partial charge in [-0.05, 0) is 45.9 Å². The lowest BCUT2D eigenvalue weighted by atomic mass is 10.1. The molecule has 0 saturated heterocycles. The molecule has 0 spiro atoms. The van der Waals surface area contributed by atoms with Gasteiger partial charge in [0.1, 0.15) is 5.75 Å². The molecule has 0 bridgehead atoms. The Bertz CT molecular complexity index is 545. The molecule has 1 unspecified atom stereocenters. The van der Waals surface area contributed by atoms with Gasteiger partial charge in [0.2, 0.25) is 0 Å². The lowest BCUT2D eigenvalue weighted by molar-refractivity contribution is -0.124. The number of hydrogen-bond donors (Lipinski definition) is 4. The van der Waals surface area contributed by atoms with E-state index in [1.807, 2.05) is 39.0 Å². The molecule has 1 aromatic rings. The number of hydrogen-bond acceptors (Lipinski definition) is 5. The van der Waals surface area contributed by atoms with Gasteiger partial charge in [0.15, 0.2) is 6.61 Å². The number of rotatable bonds is 10. The summed E-state index contributed by atoms with van der Waals surface area (Å²) in [6, 6.07) is 5.73. The Hall–Kier alpha value is -1.15. The van der Waals surface area contributed by atoms with Crippen molar-refractivity contribution in [2.45, 2.75) is 45.9 Å². The van der Waals surface area contributed by atoms with Gasteiger partial charge in [-0.3, -0.25) is 4.79 Å². The van der Waals surface area contributed by atoms with Gasteiger partial charge >= 0.3 is 0 Å². The first-order valence-corrected chi connectivity index (χ1v) is 9.28. The minimum Gasteiger partial charge on any atom is -0.483 e. The fourth-order valence-corrected chi connectivity index (χ4v) is 2.54. The van der Waals surface area contributed by atoms with Gasteiger partial charge in [-0.15, -0.1) is 0 Å². The molecule has 0 aliphatic carbocycles. The highest BCUT2D eigenvalue weighted by Crippen LogP contribution is 2.23. The van der Waals surface area contributed by atoms with Crippen LogP contribution < -0.4 is 20.7 Å². The molecule has 142 valence electrons. The molecule has 0 heterocycles. The summed E-state index contributed by atoms with van der Waals surface area (Å²) < 4.78 is 6.65. The molecule has 4 N–H and O–H groups in total. The SMILES string of the molecule is CC(O)CNCCNCc1cc(Br)ccc1OCC(=O)NC(C)(C)C. The predicted molar refractivity (Wildman–Crippen MR) is 104 cm³/mol. The number of benzene rings is 1. The first kappa shape index (κ1) is 21.9. The summed E-state index contributed by atoms with van der Waals surface area (Å²) in [4.78, 5) is 11.9. The van der Waals surface area contributed by atoms with Crippen molar-refractivity contribution < 1.29 is 14.6 Å². The molecular weight excluding hydrogens is 386 g/mol. The monoisotopic (exact) mass is 415 g/mol. The highest BCUT2D eigenvalue weighted by atomic mass is 79.9. The van der Waals surface area contributed by atoms with Crippen LogP contribution in [0.3, 0.4) is 0 Å². The highest BCUT2D eigenvalue weighted by molar-refractivity contribution is 9.10. The summed E-state index contributed by atoms with van der Waals surface area (Å²) >= 11 is 3.46. The average molecular weight is 416 g/mol. The Labute approximate surface area is 158 Å². The summed E-state index contributed by atoms with van der Waals surface area (Å²) in [5.41, 5.74) is 0.706. The first-order valence-electron chi connectivity index (χ1n) is 8.49. The van der Waals surface area contributed by atoms with Crippen molar-refractivity contribution in [2.75, 3.05) is 26.2 Å². The third kappa shape index (κ3) is 10.4. The van der Waals surface area contributed by atoms with Gasteiger partial charge in [-0.2, -0.15) is 0 Å². The van der Waals surface area contributed by atoms with E-state index in [2.05, 4.69) is 31.9 Å². The van der Waals surface area contributed by atoms with E-state index in [0.29, 0.717) is 18.8 Å². The average Bonchev–Trinajstić information content (AvgIpc) is 2.47. The normalized spacial score (nSPS) is 12.7. The molecule has 0 aromatic heterocycles. The summed E-state index contributed by atoms with van der Waals surface area (Å²) in [5, 5.41) is 18.5. The van der Waals surface area contributed by atoms with E-state index >= 15 is 0 Å². The second-order valence-corrected chi connectivity index (χ2v) is 7.98. The maximum absolute atomic E-state index is 11.9. The summed E-state index contributed by atoms with van der Waals surface area (Å²) in [6.07, 6.45) is -0.343. The van der Waals surface area contributed by atoms with Gasteiger partial charge in [0.25, 0.3) is 5.91 Å². The van der Waals surface area contributed by atoms with Crippen LogP contribution in [0.15, 0.2) is 22.7 Å². The Balaban J connectivity index is 2.48. The lowest BCUT2D eigenvalue weighted by Gasteiger charge is -2.21. The Morgan fingerprint density at radius 2 is 1.96 bits per heavy atom. The van der Waals surface area contributed by atoms with Crippen molar-refractivity contribution in [3.05, 3.63) is 28.2 Å². The lowest BCUT2D eigenvalue weighted by Crippen LogP contribution is -2.43. The van der Waals surface area contributed by atoms with E-state index in [9.17, 15) is 9.90 Å². The third-order valence-corrected chi connectivity index (χ3v) is 3.62. The zero-order valence-electron chi connectivity index (χ0n) is 15.5. The number of carbonyl (C=O) groups excluding carboxylic acids is 1. The van der Waals surface area contributed by atoms with Gasteiger partial charge in [-0.25, -0.2) is 0 Å². The van der Waals surface area contributed by atoms with Crippen LogP contribution >= 0.6 is 15.9 Å². The van der Waals surface area contributed by atoms with Crippen LogP contribution in [-0.4, -0.2) is 48.9 Å². The van der Waals surface area contributed by atoms with Gasteiger partial charge in [0, 0.05) is 41.8 Å². The molecule has 0 saturated carbocycles. The maximum atomic E-state index is 11.9. The first-order chi connectivity index (χ1) is 11.7. The molecule has 6 nitrogen and oxygen atoms in total. The number of aliphatic hydroxyl groups is 1. The van der Waals surface area contributed by atoms with E-state index in [1.54, 1.807) is 6.92 Å². The molecule has 7 heteroatoms. The molecular formula is C18H30BrN3O3. The van der Waals surface area contributed by atoms with Crippen LogP contribution in [0.5, 0.6) is 5.75 Å². The van der Waals surface area contributed by atoms with Crippen LogP contribution in [-0.2, 0) is 11.3 Å². The Morgan fingerprint density at radius 3 is 2.60 bits per heavy atom. The van der Waals surface area contributed by atoms with Gasteiger partial charge < -0.3 is 25.8 Å². The van der Waals surface area contributed by atoms with Crippen molar-refractivity contribution in [3.63, 3.8) is 0 Å². The van der Waals surface area contributed by atoms with Gasteiger partial charge in [-0.1, -0.05) is 15.9 Å². The molecule has 0 radical (unpaired) electrons. The molecule has 1 atom stereocenters. The van der Waals surface area contributed by atoms with Crippen LogP contribution in [0.2, 0.25) is 0 Å². The largest absolute Gasteiger partial charge is 0.483 e. The van der Waals surface area contributed by atoms with E-state index in [0.717, 1.165) is 23.1 Å². The molecule has 0 aliphatic rings. The van der Waals surface area contributed by atoms with Crippen LogP contribution in [0.4, 0.5) is 0 Å². The van der Waals surface area contributed by atoms with Crippen LogP contribution in [0.1, 0.15) is 33.3 Å². The standard InChI is InChI=1S/C18H30BrN3O3/c1-13(23)10-20-7-8-21-11-14-9-15(19)5-6-16(14)25-12-17(24)22-18(2,3)4/h5-6,9,13,20-21,23H,7-8,10-12H2,1-4H3,(H,22,24). The highest BCUT2D eigenvalue weighted by Gasteiger charge is 2.14. The number of aliphatic hydroxyl groups excluding tert-OH is 1. The Kier molecular flexibility index (Phi) is 9.42. The number of halogens is 1. The van der Waals surface area contributed by atoms with Crippen LogP contribution in [0, 0.1) is 0 Å². The molecule has 0 aliphatic heterocycles. The Morgan fingerprint density at radius 1 is 1.28 bits per heavy atom. The van der Waals surface area contributed by atoms with Gasteiger partial charge in [0.05, 0.1) is 6.10 Å². The third-order valence-electron chi connectivity index (χ3n) is 3.13. The number of carbonyl (C=O) groups is 1. The second kappa shape index (κ2) is 10.8. The van der Waals surface area contributed by atoms with E-state index in [1.165, 1.54) is 0 Å². The minimum absolute atomic E-state index is 0.0121. The van der Waals surface area contributed by atoms with Crippen molar-refractivity contribution in [1.29, 1.82) is 0 Å². The minimum atomic E-state index is -0.343. The van der Waals surface area contributed by atoms with Crippen molar-refractivity contribution in [2.24, 2.45) is 0 Å². The topological polar surface area (TPSA) is 82.6 Å². The number of nitrogens with one attached hydrogen (secondary N) is 3. The molecule has 25 heavy (non-hydrogen) atoms. The number of amides is 1. The zero-order valence-corrected chi connectivity index (χ0v) is 17.1. The molecule has 1 amide bonds. The molecule has 1 rings (SSSR count). The number of ether oxygens (including phenoxy) is 1. The molecule has 1 aromatic carbocycles. The zero-order chi connectivity index (χ0) is 18.9. The predicted octanol–water partition coefficient (Wildman–Crippen LogP) is 1.80. The fraction of sp³-hybridized carbons (Fsp3) is 0.611. The van der Waals surface area contributed by atoms with E-state index < -0.39 is 0 Å². The smallest absolute Gasteiger partial charge is 0.258 e. The van der Waals surface area contributed by atoms with Crippen molar-refractivity contribution in [3.8, 4) is 5.75 Å².